The Labute approximate surface area is 68.7 Å². The Morgan fingerprint density at radius 2 is 1.58 bits per heavy atom. The molecule has 0 aliphatic carbocycles. The molecule has 0 saturated carbocycles. The maximum atomic E-state index is 10.8. The highest BCUT2D eigenvalue weighted by Crippen LogP contribution is 2.31. The smallest absolute Gasteiger partial charge is 0.167 e. The van der Waals surface area contributed by atoms with E-state index in [0.29, 0.717) is 0 Å². The Morgan fingerprint density at radius 1 is 1.17 bits per heavy atom. The van der Waals surface area contributed by atoms with Crippen molar-refractivity contribution in [2.24, 2.45) is 0 Å². The van der Waals surface area contributed by atoms with Crippen LogP contribution in [0.1, 0.15) is 17.3 Å². The summed E-state index contributed by atoms with van der Waals surface area (Å²) < 4.78 is 0. The number of phenols is 3. The van der Waals surface area contributed by atoms with Crippen LogP contribution in [0.3, 0.4) is 0 Å². The van der Waals surface area contributed by atoms with Crippen molar-refractivity contribution in [1.29, 1.82) is 0 Å². The van der Waals surface area contributed by atoms with E-state index in [9.17, 15) is 4.79 Å². The van der Waals surface area contributed by atoms with Crippen molar-refractivity contribution in [2.45, 2.75) is 6.92 Å². The van der Waals surface area contributed by atoms with Gasteiger partial charge >= 0.3 is 0 Å². The Bertz CT molecular complexity index is 307. The van der Waals surface area contributed by atoms with Crippen LogP contribution in [0.2, 0.25) is 0 Å². The van der Waals surface area contributed by atoms with Gasteiger partial charge in [-0.1, -0.05) is 0 Å². The number of hydrogen-bond acceptors (Lipinski definition) is 4. The summed E-state index contributed by atoms with van der Waals surface area (Å²) in [6, 6.07) is 1.99. The summed E-state index contributed by atoms with van der Waals surface area (Å²) in [5.41, 5.74) is -0.173. The number of benzene rings is 1. The van der Waals surface area contributed by atoms with Crippen LogP contribution in [-0.4, -0.2) is 21.1 Å². The molecule has 3 N–H and O–H groups in total. The highest BCUT2D eigenvalue weighted by molar-refractivity contribution is 5.99. The van der Waals surface area contributed by atoms with Gasteiger partial charge in [0.25, 0.3) is 0 Å². The molecule has 0 spiro atoms. The van der Waals surface area contributed by atoms with Gasteiger partial charge in [-0.05, 0) is 6.92 Å². The van der Waals surface area contributed by atoms with E-state index in [1.165, 1.54) is 6.92 Å². The van der Waals surface area contributed by atoms with E-state index in [1.807, 2.05) is 0 Å². The van der Waals surface area contributed by atoms with Crippen molar-refractivity contribution in [1.82, 2.24) is 0 Å². The summed E-state index contributed by atoms with van der Waals surface area (Å²) in [5, 5.41) is 27.1. The minimum Gasteiger partial charge on any atom is -0.508 e. The Hall–Kier alpha value is -1.71. The number of rotatable bonds is 1. The first kappa shape index (κ1) is 8.39. The van der Waals surface area contributed by atoms with Gasteiger partial charge in [0.2, 0.25) is 0 Å². The largest absolute Gasteiger partial charge is 0.508 e. The molecular formula is C8H8O4. The number of Topliss-reactive ketones (excluding diaryl/α,β-unsaturated/α-hetero) is 1. The molecule has 4 heteroatoms. The highest BCUT2D eigenvalue weighted by Gasteiger charge is 2.13. The molecule has 4 nitrogen and oxygen atoms in total. The molecule has 0 aliphatic rings. The summed E-state index contributed by atoms with van der Waals surface area (Å²) in [6.45, 7) is 1.21. The first-order valence-corrected chi connectivity index (χ1v) is 3.28. The minimum atomic E-state index is -0.454. The quantitative estimate of drug-likeness (QED) is 0.433. The van der Waals surface area contributed by atoms with Crippen molar-refractivity contribution < 1.29 is 20.1 Å². The molecule has 0 heterocycles. The maximum Gasteiger partial charge on any atom is 0.167 e. The Morgan fingerprint density at radius 3 is 1.92 bits per heavy atom. The van der Waals surface area contributed by atoms with Gasteiger partial charge in [0, 0.05) is 12.1 Å². The maximum absolute atomic E-state index is 10.8. The van der Waals surface area contributed by atoms with Crippen molar-refractivity contribution in [3.63, 3.8) is 0 Å². The van der Waals surface area contributed by atoms with Crippen LogP contribution in [0, 0.1) is 0 Å². The van der Waals surface area contributed by atoms with Gasteiger partial charge in [-0.3, -0.25) is 4.79 Å². The van der Waals surface area contributed by atoms with Crippen molar-refractivity contribution in [2.75, 3.05) is 0 Å². The lowest BCUT2D eigenvalue weighted by molar-refractivity contribution is 0.101. The first-order chi connectivity index (χ1) is 5.52. The van der Waals surface area contributed by atoms with Gasteiger partial charge in [0.05, 0.1) is 0 Å². The van der Waals surface area contributed by atoms with Crippen LogP contribution in [0.4, 0.5) is 0 Å². The molecule has 0 amide bonds. The summed E-state index contributed by atoms with van der Waals surface area (Å²) in [7, 11) is 0. The van der Waals surface area contributed by atoms with Gasteiger partial charge < -0.3 is 15.3 Å². The second-order valence-corrected chi connectivity index (χ2v) is 2.42. The lowest BCUT2D eigenvalue weighted by Gasteiger charge is -2.03. The van der Waals surface area contributed by atoms with E-state index < -0.39 is 17.3 Å². The summed E-state index contributed by atoms with van der Waals surface area (Å²) in [5.74, 6) is -1.57. The molecule has 0 unspecified atom stereocenters. The van der Waals surface area contributed by atoms with Crippen LogP contribution in [-0.2, 0) is 0 Å². The predicted octanol–water partition coefficient (Wildman–Crippen LogP) is 1.01. The molecule has 1 aromatic carbocycles. The van der Waals surface area contributed by atoms with Gasteiger partial charge in [-0.15, -0.1) is 0 Å². The molecule has 64 valence electrons. The molecule has 12 heavy (non-hydrogen) atoms. The van der Waals surface area contributed by atoms with E-state index in [4.69, 9.17) is 15.3 Å². The van der Waals surface area contributed by atoms with Crippen LogP contribution in [0.5, 0.6) is 17.2 Å². The lowest BCUT2D eigenvalue weighted by Crippen LogP contribution is -1.92. The monoisotopic (exact) mass is 169 g/mol. The SMILES string of the molecule is C[13C](=O)c1c(O)cc(O)cc1O. The number of carbonyl (C=O) groups is 1. The van der Waals surface area contributed by atoms with Crippen molar-refractivity contribution in [3.8, 4) is 17.2 Å². The zero-order chi connectivity index (χ0) is 9.30. The zero-order valence-corrected chi connectivity index (χ0v) is 6.40. The van der Waals surface area contributed by atoms with Gasteiger partial charge in [0.1, 0.15) is 22.8 Å². The van der Waals surface area contributed by atoms with E-state index >= 15 is 0 Å². The molecule has 0 aromatic heterocycles. The zero-order valence-electron chi connectivity index (χ0n) is 6.40. The summed E-state index contributed by atoms with van der Waals surface area (Å²) in [4.78, 5) is 10.8. The normalized spacial score (nSPS) is 9.75. The molecule has 0 fully saturated rings. The fourth-order valence-electron chi connectivity index (χ4n) is 0.958. The number of phenolic OH excluding ortho intramolecular Hbond substituents is 3. The average Bonchev–Trinajstić information content (AvgIpc) is 1.82. The highest BCUT2D eigenvalue weighted by atomic mass is 16.3. The fraction of sp³-hybridized carbons (Fsp3) is 0.125. The standard InChI is InChI=1S/C8H8O4/c1-4(9)8-6(11)2-5(10)3-7(8)12/h2-3,10-12H,1H3/i4+1. The molecular weight excluding hydrogens is 161 g/mol. The molecule has 0 aliphatic heterocycles. The Kier molecular flexibility index (Phi) is 1.91. The summed E-state index contributed by atoms with van der Waals surface area (Å²) in [6.07, 6.45) is 0. The molecule has 1 rings (SSSR count). The average molecular weight is 169 g/mol. The van der Waals surface area contributed by atoms with Gasteiger partial charge in [-0.25, -0.2) is 0 Å². The van der Waals surface area contributed by atoms with E-state index in [0.717, 1.165) is 12.1 Å². The van der Waals surface area contributed by atoms with Crippen molar-refractivity contribution >= 4 is 5.78 Å². The first-order valence-electron chi connectivity index (χ1n) is 3.28. The lowest BCUT2D eigenvalue weighted by atomic mass is 10.2. The third-order valence-electron chi connectivity index (χ3n) is 1.43. The van der Waals surface area contributed by atoms with Gasteiger partial charge in [0.15, 0.2) is 5.78 Å². The Balaban J connectivity index is 3.38. The molecule has 0 radical (unpaired) electrons. The third-order valence-corrected chi connectivity index (χ3v) is 1.43. The van der Waals surface area contributed by atoms with E-state index in [1.54, 1.807) is 0 Å². The number of carbonyl (C=O) groups excluding carboxylic acids is 1. The third kappa shape index (κ3) is 1.32. The second-order valence-electron chi connectivity index (χ2n) is 2.42. The molecule has 0 bridgehead atoms. The molecule has 0 saturated heterocycles. The molecule has 0 atom stereocenters. The van der Waals surface area contributed by atoms with Crippen LogP contribution < -0.4 is 0 Å². The van der Waals surface area contributed by atoms with Crippen molar-refractivity contribution in [3.05, 3.63) is 17.7 Å². The van der Waals surface area contributed by atoms with Crippen LogP contribution in [0.15, 0.2) is 12.1 Å². The fourth-order valence-corrected chi connectivity index (χ4v) is 0.958. The summed E-state index contributed by atoms with van der Waals surface area (Å²) >= 11 is 0. The topological polar surface area (TPSA) is 77.8 Å². The number of ketones is 1. The second kappa shape index (κ2) is 2.73. The van der Waals surface area contributed by atoms with Crippen LogP contribution >= 0.6 is 0 Å². The van der Waals surface area contributed by atoms with E-state index in [-0.39, 0.29) is 11.3 Å². The molecule has 1 aromatic rings. The number of hydrogen-bond donors (Lipinski definition) is 3. The van der Waals surface area contributed by atoms with E-state index in [2.05, 4.69) is 0 Å². The van der Waals surface area contributed by atoms with Gasteiger partial charge in [-0.2, -0.15) is 0 Å². The predicted molar refractivity (Wildman–Crippen MR) is 41.4 cm³/mol. The van der Waals surface area contributed by atoms with Crippen LogP contribution in [0.25, 0.3) is 0 Å². The number of aromatic hydroxyl groups is 3. The minimum absolute atomic E-state index is 0.173.